The molecular weight excluding hydrogens is 463 g/mol. The number of nitrogens with one attached hydrogen (secondary N) is 1. The summed E-state index contributed by atoms with van der Waals surface area (Å²) in [5.74, 6) is -0.173. The van der Waals surface area contributed by atoms with Gasteiger partial charge >= 0.3 is 0 Å². The van der Waals surface area contributed by atoms with Crippen LogP contribution in [0.2, 0.25) is 0 Å². The molecule has 0 bridgehead atoms. The molecule has 10 heteroatoms. The van der Waals surface area contributed by atoms with Crippen molar-refractivity contribution < 1.29 is 17.6 Å². The van der Waals surface area contributed by atoms with Crippen LogP contribution in [0.15, 0.2) is 46.7 Å². The minimum atomic E-state index is -3.50. The third kappa shape index (κ3) is 5.18. The maximum absolute atomic E-state index is 13.4. The molecule has 7 nitrogen and oxygen atoms in total. The van der Waals surface area contributed by atoms with E-state index in [1.165, 1.54) is 16.4 Å². The Morgan fingerprint density at radius 1 is 1.12 bits per heavy atom. The van der Waals surface area contributed by atoms with Gasteiger partial charge in [-0.05, 0) is 49.2 Å². The number of aromatic nitrogens is 2. The van der Waals surface area contributed by atoms with Crippen LogP contribution < -0.4 is 5.32 Å². The largest absolute Gasteiger partial charge is 0.310 e. The molecule has 1 saturated heterocycles. The number of sulfonamides is 1. The number of thiophene rings is 1. The average molecular weight is 491 g/mol. The summed E-state index contributed by atoms with van der Waals surface area (Å²) in [5.41, 5.74) is 1.15. The Hall–Kier alpha value is -2.56. The zero-order chi connectivity index (χ0) is 23.8. The highest BCUT2D eigenvalue weighted by Crippen LogP contribution is 2.29. The zero-order valence-corrected chi connectivity index (χ0v) is 20.5. The first-order valence-electron chi connectivity index (χ1n) is 10.8. The Balaban J connectivity index is 1.53. The fraction of sp³-hybridized carbons (Fsp3) is 0.391. The molecule has 0 aliphatic carbocycles. The number of carbonyl (C=O) groups excluding carboxylic acids is 1. The van der Waals surface area contributed by atoms with Crippen LogP contribution in [0.25, 0.3) is 5.69 Å². The molecule has 1 fully saturated rings. The van der Waals surface area contributed by atoms with E-state index in [9.17, 15) is 17.6 Å². The number of hydrogen-bond donors (Lipinski definition) is 1. The monoisotopic (exact) mass is 490 g/mol. The van der Waals surface area contributed by atoms with Crippen LogP contribution in [0.1, 0.15) is 44.2 Å². The third-order valence-corrected chi connectivity index (χ3v) is 8.90. The second-order valence-corrected chi connectivity index (χ2v) is 12.4. The van der Waals surface area contributed by atoms with Crippen LogP contribution in [0.4, 0.5) is 10.2 Å². The molecule has 3 heterocycles. The van der Waals surface area contributed by atoms with Gasteiger partial charge in [0.2, 0.25) is 5.91 Å². The van der Waals surface area contributed by atoms with Crippen LogP contribution in [0.5, 0.6) is 0 Å². The van der Waals surface area contributed by atoms with E-state index in [4.69, 9.17) is 0 Å². The highest BCUT2D eigenvalue weighted by Gasteiger charge is 2.29. The molecule has 1 amide bonds. The predicted octanol–water partition coefficient (Wildman–Crippen LogP) is 4.34. The van der Waals surface area contributed by atoms with Gasteiger partial charge in [-0.1, -0.05) is 20.8 Å². The van der Waals surface area contributed by atoms with E-state index in [1.807, 2.05) is 20.8 Å². The molecule has 2 aromatic heterocycles. The van der Waals surface area contributed by atoms with E-state index in [0.29, 0.717) is 29.5 Å². The number of amides is 1. The molecular formula is C23H27FN4O3S2. The van der Waals surface area contributed by atoms with Gasteiger partial charge in [0.05, 0.1) is 17.8 Å². The number of nitrogens with zero attached hydrogens (tertiary/aromatic N) is 3. The normalized spacial score (nSPS) is 15.2. The van der Waals surface area contributed by atoms with Crippen molar-refractivity contribution in [2.75, 3.05) is 18.4 Å². The minimum absolute atomic E-state index is 0.0413. The first-order chi connectivity index (χ1) is 15.5. The quantitative estimate of drug-likeness (QED) is 0.557. The van der Waals surface area contributed by atoms with E-state index >= 15 is 0 Å². The molecule has 1 aromatic carbocycles. The summed E-state index contributed by atoms with van der Waals surface area (Å²) in [6.45, 7) is 7.14. The summed E-state index contributed by atoms with van der Waals surface area (Å²) >= 11 is 1.12. The van der Waals surface area contributed by atoms with Gasteiger partial charge in [0.1, 0.15) is 15.8 Å². The van der Waals surface area contributed by atoms with Crippen LogP contribution in [-0.4, -0.2) is 41.5 Å². The maximum Gasteiger partial charge on any atom is 0.252 e. The van der Waals surface area contributed by atoms with Gasteiger partial charge in [-0.15, -0.1) is 11.3 Å². The third-order valence-electron chi connectivity index (χ3n) is 5.45. The summed E-state index contributed by atoms with van der Waals surface area (Å²) in [6, 6.07) is 10.9. The van der Waals surface area contributed by atoms with Gasteiger partial charge in [-0.25, -0.2) is 17.5 Å². The number of halogens is 1. The Morgan fingerprint density at radius 2 is 1.79 bits per heavy atom. The van der Waals surface area contributed by atoms with Gasteiger partial charge in [-0.3, -0.25) is 4.79 Å². The summed E-state index contributed by atoms with van der Waals surface area (Å²) < 4.78 is 42.2. The molecule has 4 rings (SSSR count). The number of benzene rings is 1. The second kappa shape index (κ2) is 9.00. The van der Waals surface area contributed by atoms with E-state index in [-0.39, 0.29) is 27.8 Å². The lowest BCUT2D eigenvalue weighted by atomic mass is 9.92. The summed E-state index contributed by atoms with van der Waals surface area (Å²) in [5, 5.41) is 7.50. The number of anilines is 1. The molecule has 1 aliphatic rings. The first kappa shape index (κ1) is 23.6. The Labute approximate surface area is 197 Å². The molecule has 3 aromatic rings. The molecule has 0 atom stereocenters. The van der Waals surface area contributed by atoms with E-state index < -0.39 is 10.0 Å². The van der Waals surface area contributed by atoms with Crippen molar-refractivity contribution in [3.8, 4) is 5.69 Å². The van der Waals surface area contributed by atoms with Crippen LogP contribution in [0, 0.1) is 5.82 Å². The molecule has 0 radical (unpaired) electrons. The second-order valence-electron chi connectivity index (χ2n) is 9.11. The topological polar surface area (TPSA) is 84.3 Å². The lowest BCUT2D eigenvalue weighted by Crippen LogP contribution is -2.27. The van der Waals surface area contributed by atoms with Gasteiger partial charge in [0.25, 0.3) is 10.0 Å². The Morgan fingerprint density at radius 3 is 2.42 bits per heavy atom. The number of rotatable bonds is 6. The molecule has 1 N–H and O–H groups in total. The summed E-state index contributed by atoms with van der Waals surface area (Å²) in [4.78, 5) is 13.5. The lowest BCUT2D eigenvalue weighted by molar-refractivity contribution is -0.115. The Kier molecular flexibility index (Phi) is 6.43. The fourth-order valence-electron chi connectivity index (χ4n) is 3.61. The molecule has 0 unspecified atom stereocenters. The molecule has 1 aliphatic heterocycles. The van der Waals surface area contributed by atoms with Crippen molar-refractivity contribution in [2.45, 2.75) is 49.7 Å². The fourth-order valence-corrected chi connectivity index (χ4v) is 6.63. The minimum Gasteiger partial charge on any atom is -0.310 e. The van der Waals surface area contributed by atoms with Crippen LogP contribution >= 0.6 is 11.3 Å². The highest BCUT2D eigenvalue weighted by atomic mass is 32.2. The smallest absolute Gasteiger partial charge is 0.252 e. The maximum atomic E-state index is 13.4. The number of carbonyl (C=O) groups is 1. The van der Waals surface area contributed by atoms with E-state index in [0.717, 1.165) is 29.9 Å². The molecule has 176 valence electrons. The average Bonchev–Trinajstić information content (AvgIpc) is 3.49. The van der Waals surface area contributed by atoms with Gasteiger partial charge in [-0.2, -0.15) is 9.40 Å². The van der Waals surface area contributed by atoms with Crippen molar-refractivity contribution >= 4 is 33.1 Å². The molecule has 0 saturated carbocycles. The standard InChI is InChI=1S/C23H27FN4O3S2/c1-23(2,3)19-15-20(28(26-19)17-8-6-16(24)7-9-17)25-21(29)14-18-10-11-22(32-18)33(30,31)27-12-4-5-13-27/h6-11,15H,4-5,12-14H2,1-3H3,(H,25,29). The lowest BCUT2D eigenvalue weighted by Gasteiger charge is -2.14. The molecule has 0 spiro atoms. The van der Waals surface area contributed by atoms with Crippen molar-refractivity contribution in [3.63, 3.8) is 0 Å². The SMILES string of the molecule is CC(C)(C)c1cc(NC(=O)Cc2ccc(S(=O)(=O)N3CCCC3)s2)n(-c2ccc(F)cc2)n1. The zero-order valence-electron chi connectivity index (χ0n) is 18.8. The van der Waals surface area contributed by atoms with E-state index in [2.05, 4.69) is 10.4 Å². The summed E-state index contributed by atoms with van der Waals surface area (Å²) in [7, 11) is -3.50. The highest BCUT2D eigenvalue weighted by molar-refractivity contribution is 7.91. The van der Waals surface area contributed by atoms with Crippen molar-refractivity contribution in [2.24, 2.45) is 0 Å². The number of hydrogen-bond acceptors (Lipinski definition) is 5. The summed E-state index contributed by atoms with van der Waals surface area (Å²) in [6.07, 6.45) is 1.79. The van der Waals surface area contributed by atoms with Crippen molar-refractivity contribution in [1.29, 1.82) is 0 Å². The van der Waals surface area contributed by atoms with Gasteiger partial charge in [0, 0.05) is 29.4 Å². The Bertz CT molecular complexity index is 1250. The van der Waals surface area contributed by atoms with E-state index in [1.54, 1.807) is 35.0 Å². The van der Waals surface area contributed by atoms with Crippen LogP contribution in [-0.2, 0) is 26.7 Å². The van der Waals surface area contributed by atoms with Crippen molar-refractivity contribution in [3.05, 3.63) is 58.9 Å². The van der Waals surface area contributed by atoms with Crippen LogP contribution in [0.3, 0.4) is 0 Å². The van der Waals surface area contributed by atoms with Gasteiger partial charge in [0.15, 0.2) is 0 Å². The van der Waals surface area contributed by atoms with Crippen molar-refractivity contribution in [1.82, 2.24) is 14.1 Å². The molecule has 33 heavy (non-hydrogen) atoms. The first-order valence-corrected chi connectivity index (χ1v) is 13.0. The predicted molar refractivity (Wildman–Crippen MR) is 127 cm³/mol. The van der Waals surface area contributed by atoms with Gasteiger partial charge < -0.3 is 5.32 Å².